The molecule has 1 amide bonds. The Morgan fingerprint density at radius 3 is 2.20 bits per heavy atom. The average Bonchev–Trinajstić information content (AvgIpc) is 3.25. The Hall–Kier alpha value is -3.10. The van der Waals surface area contributed by atoms with Crippen molar-refractivity contribution in [2.24, 2.45) is 5.92 Å². The lowest BCUT2D eigenvalue weighted by molar-refractivity contribution is -0.272. The number of hydrogen-bond acceptors (Lipinski definition) is 7. The summed E-state index contributed by atoms with van der Waals surface area (Å²) >= 11 is 0. The van der Waals surface area contributed by atoms with Crippen molar-refractivity contribution in [1.29, 1.82) is 0 Å². The molecule has 4 atom stereocenters. The van der Waals surface area contributed by atoms with Crippen LogP contribution in [0.1, 0.15) is 77.4 Å². The second-order valence-corrected chi connectivity index (χ2v) is 18.1. The van der Waals surface area contributed by atoms with Gasteiger partial charge in [0.1, 0.15) is 18.4 Å². The maximum absolute atomic E-state index is 15.4. The molecule has 0 bridgehead atoms. The molecule has 256 valence electrons. The van der Waals surface area contributed by atoms with Crippen molar-refractivity contribution in [2.45, 2.75) is 95.8 Å². The number of nitrogens with one attached hydrogen (secondary N) is 1. The van der Waals surface area contributed by atoms with Crippen molar-refractivity contribution < 1.29 is 50.2 Å². The molecule has 1 aromatic carbocycles. The van der Waals surface area contributed by atoms with Crippen LogP contribution in [-0.4, -0.2) is 63.4 Å². The van der Waals surface area contributed by atoms with E-state index in [9.17, 15) is 27.2 Å². The summed E-state index contributed by atoms with van der Waals surface area (Å²) in [6.45, 7) is 14.4. The zero-order chi connectivity index (χ0) is 34.8. The Balaban J connectivity index is 2.00. The highest BCUT2D eigenvalue weighted by Gasteiger charge is 2.66. The van der Waals surface area contributed by atoms with E-state index < -0.39 is 67.3 Å². The van der Waals surface area contributed by atoms with Crippen molar-refractivity contribution in [3.05, 3.63) is 53.4 Å². The number of alkyl halides is 3. The Kier molecular flexibility index (Phi) is 11.6. The normalized spacial score (nSPS) is 22.1. The quantitative estimate of drug-likeness (QED) is 0.106. The molecule has 1 saturated heterocycles. The van der Waals surface area contributed by atoms with Gasteiger partial charge in [0.25, 0.3) is 5.91 Å². The monoisotopic (exact) mass is 674 g/mol. The van der Waals surface area contributed by atoms with E-state index in [2.05, 4.69) is 56.6 Å². The van der Waals surface area contributed by atoms with Gasteiger partial charge in [-0.15, -0.1) is 0 Å². The molecular formula is C32H43F5N2O6Si. The number of aromatic nitrogens is 1. The van der Waals surface area contributed by atoms with E-state index in [-0.39, 0.29) is 46.8 Å². The van der Waals surface area contributed by atoms with E-state index in [0.717, 1.165) is 26.2 Å². The largest absolute Gasteiger partial charge is 0.488 e. The Bertz CT molecular complexity index is 1380. The molecular weight excluding hydrogens is 631 g/mol. The van der Waals surface area contributed by atoms with E-state index >= 15 is 4.39 Å². The fourth-order valence-corrected chi connectivity index (χ4v) is 12.2. The van der Waals surface area contributed by atoms with E-state index in [1.807, 2.05) is 0 Å². The van der Waals surface area contributed by atoms with Crippen LogP contribution >= 0.6 is 0 Å². The minimum atomic E-state index is -4.93. The van der Waals surface area contributed by atoms with Crippen LogP contribution in [0.5, 0.6) is 5.75 Å². The zero-order valence-corrected chi connectivity index (χ0v) is 28.6. The molecule has 3 rings (SSSR count). The molecule has 1 aliphatic rings. The minimum Gasteiger partial charge on any atom is -0.488 e. The van der Waals surface area contributed by atoms with Gasteiger partial charge in [-0.3, -0.25) is 4.79 Å². The summed E-state index contributed by atoms with van der Waals surface area (Å²) in [5.74, 6) is -7.96. The lowest BCUT2D eigenvalue weighted by atomic mass is 9.77. The smallest absolute Gasteiger partial charge is 0.417 e. The highest BCUT2D eigenvalue weighted by atomic mass is 28.4. The summed E-state index contributed by atoms with van der Waals surface area (Å²) in [5.41, 5.74) is -2.39. The van der Waals surface area contributed by atoms with E-state index in [0.29, 0.717) is 0 Å². The number of anilines is 1. The number of pyridine rings is 1. The first kappa shape index (κ1) is 37.4. The summed E-state index contributed by atoms with van der Waals surface area (Å²) in [4.78, 5) is 29.3. The molecule has 1 aromatic heterocycles. The van der Waals surface area contributed by atoms with Gasteiger partial charge < -0.3 is 24.0 Å². The number of halogens is 5. The number of carbonyl (C=O) groups is 2. The highest BCUT2D eigenvalue weighted by Crippen LogP contribution is 2.55. The number of amides is 1. The number of hydrogen-bond donors (Lipinski definition) is 1. The molecule has 0 unspecified atom stereocenters. The maximum atomic E-state index is 15.4. The Labute approximate surface area is 267 Å². The van der Waals surface area contributed by atoms with Crippen molar-refractivity contribution in [3.8, 4) is 5.75 Å². The summed E-state index contributed by atoms with van der Waals surface area (Å²) in [5, 5.41) is 2.46. The number of methoxy groups -OCH3 is 1. The standard InChI is InChI=1S/C32H43F5N2O6Si/c1-17(2)46(18(3)4,19(5)6)44-15-14-43-27-22(10-11-23(33)26(27)34)25-20(7)31(8,32(35,36)37)45-28(25)29(40)39-21-12-13-38-24(16-21)30(41)42-9/h10-13,16-20,25,28H,14-15H2,1-9H3,(H,38,39,40)/t20-,25-,28+,31+/m0/s1. The van der Waals surface area contributed by atoms with Gasteiger partial charge in [-0.2, -0.15) is 17.6 Å². The van der Waals surface area contributed by atoms with Gasteiger partial charge in [0, 0.05) is 29.3 Å². The predicted octanol–water partition coefficient (Wildman–Crippen LogP) is 7.80. The lowest BCUT2D eigenvalue weighted by Gasteiger charge is -2.42. The van der Waals surface area contributed by atoms with Crippen LogP contribution in [0.3, 0.4) is 0 Å². The lowest BCUT2D eigenvalue weighted by Crippen LogP contribution is -2.48. The van der Waals surface area contributed by atoms with E-state index in [4.69, 9.17) is 13.9 Å². The van der Waals surface area contributed by atoms with Gasteiger partial charge >= 0.3 is 12.1 Å². The SMILES string of the molecule is COC(=O)c1cc(NC(=O)[C@@H]2O[C@@](C)(C(F)(F)F)[C@@H](C)[C@H]2c2ccc(F)c(F)c2OCCO[Si](C(C)C)(C(C)C)C(C)C)ccn1. The van der Waals surface area contributed by atoms with Crippen molar-refractivity contribution >= 4 is 25.9 Å². The maximum Gasteiger partial charge on any atom is 0.417 e. The number of ether oxygens (including phenoxy) is 3. The molecule has 2 aromatic rings. The van der Waals surface area contributed by atoms with Crippen molar-refractivity contribution in [1.82, 2.24) is 4.98 Å². The number of carbonyl (C=O) groups excluding carboxylic acids is 2. The van der Waals surface area contributed by atoms with Gasteiger partial charge in [-0.1, -0.05) is 54.5 Å². The molecule has 46 heavy (non-hydrogen) atoms. The predicted molar refractivity (Wildman–Crippen MR) is 164 cm³/mol. The molecule has 0 radical (unpaired) electrons. The molecule has 1 aliphatic heterocycles. The molecule has 2 heterocycles. The van der Waals surface area contributed by atoms with Crippen LogP contribution in [0.2, 0.25) is 16.6 Å². The minimum absolute atomic E-state index is 0.0306. The first-order valence-electron chi connectivity index (χ1n) is 15.2. The Morgan fingerprint density at radius 2 is 1.65 bits per heavy atom. The molecule has 8 nitrogen and oxygen atoms in total. The van der Waals surface area contributed by atoms with Gasteiger partial charge in [0.2, 0.25) is 5.82 Å². The van der Waals surface area contributed by atoms with E-state index in [1.165, 1.54) is 25.3 Å². The summed E-state index contributed by atoms with van der Waals surface area (Å²) in [6, 6.07) is 4.39. The molecule has 0 saturated carbocycles. The van der Waals surface area contributed by atoms with Crippen LogP contribution in [0.15, 0.2) is 30.5 Å². The second-order valence-electron chi connectivity index (χ2n) is 12.7. The Morgan fingerprint density at radius 1 is 1.04 bits per heavy atom. The summed E-state index contributed by atoms with van der Waals surface area (Å²) in [7, 11) is -1.20. The molecule has 1 N–H and O–H groups in total. The first-order chi connectivity index (χ1) is 21.3. The van der Waals surface area contributed by atoms with Crippen LogP contribution < -0.4 is 10.1 Å². The summed E-state index contributed by atoms with van der Waals surface area (Å²) in [6.07, 6.45) is -5.54. The van der Waals surface area contributed by atoms with E-state index in [1.54, 1.807) is 0 Å². The van der Waals surface area contributed by atoms with Gasteiger partial charge in [-0.25, -0.2) is 14.2 Å². The molecule has 1 fully saturated rings. The number of rotatable bonds is 12. The van der Waals surface area contributed by atoms with Gasteiger partial charge in [0.15, 0.2) is 25.5 Å². The van der Waals surface area contributed by atoms with Crippen molar-refractivity contribution in [2.75, 3.05) is 25.6 Å². The number of esters is 1. The van der Waals surface area contributed by atoms with Gasteiger partial charge in [0.05, 0.1) is 13.7 Å². The highest BCUT2D eigenvalue weighted by molar-refractivity contribution is 6.77. The van der Waals surface area contributed by atoms with Crippen molar-refractivity contribution in [3.63, 3.8) is 0 Å². The van der Waals surface area contributed by atoms with Crippen LogP contribution in [-0.2, 0) is 18.7 Å². The number of benzene rings is 1. The van der Waals surface area contributed by atoms with Crippen LogP contribution in [0, 0.1) is 17.6 Å². The van der Waals surface area contributed by atoms with Crippen LogP contribution in [0.25, 0.3) is 0 Å². The third-order valence-electron chi connectivity index (χ3n) is 9.18. The van der Waals surface area contributed by atoms with Crippen LogP contribution in [0.4, 0.5) is 27.6 Å². The first-order valence-corrected chi connectivity index (χ1v) is 17.3. The second kappa shape index (κ2) is 14.3. The molecule has 0 spiro atoms. The fraction of sp³-hybridized carbons (Fsp3) is 0.594. The molecule has 0 aliphatic carbocycles. The number of nitrogens with zero attached hydrogens (tertiary/aromatic N) is 1. The summed E-state index contributed by atoms with van der Waals surface area (Å²) < 4.78 is 95.6. The third kappa shape index (κ3) is 7.08. The van der Waals surface area contributed by atoms with Gasteiger partial charge in [-0.05, 0) is 41.7 Å². The topological polar surface area (TPSA) is 96.0 Å². The molecule has 14 heteroatoms. The third-order valence-corrected chi connectivity index (χ3v) is 15.3. The average molecular weight is 675 g/mol. The fourth-order valence-electron chi connectivity index (χ4n) is 6.78. The zero-order valence-electron chi connectivity index (χ0n) is 27.6.